The molecular weight excluding hydrogens is 391 g/mol. The highest BCUT2D eigenvalue weighted by atomic mass is 35.5. The number of hydrogen-bond donors (Lipinski definition) is 2. The van der Waals surface area contributed by atoms with Crippen molar-refractivity contribution >= 4 is 41.0 Å². The number of anilines is 1. The van der Waals surface area contributed by atoms with Gasteiger partial charge in [0.05, 0.1) is 0 Å². The van der Waals surface area contributed by atoms with Gasteiger partial charge in [0, 0.05) is 12.1 Å². The van der Waals surface area contributed by atoms with Gasteiger partial charge in [-0.2, -0.15) is 0 Å². The largest absolute Gasteiger partial charge is 0.350 e. The lowest BCUT2D eigenvalue weighted by molar-refractivity contribution is -0.122. The normalized spacial score (nSPS) is 10.4. The van der Waals surface area contributed by atoms with E-state index in [9.17, 15) is 9.59 Å². The Morgan fingerprint density at radius 1 is 1.07 bits per heavy atom. The van der Waals surface area contributed by atoms with Gasteiger partial charge in [-0.25, -0.2) is 14.6 Å². The summed E-state index contributed by atoms with van der Waals surface area (Å²) in [5, 5.41) is 9.53. The number of hydrogen-bond acceptors (Lipinski definition) is 5. The van der Waals surface area contributed by atoms with E-state index in [2.05, 4.69) is 25.7 Å². The lowest BCUT2D eigenvalue weighted by Crippen LogP contribution is -2.27. The van der Waals surface area contributed by atoms with Crippen molar-refractivity contribution in [1.82, 2.24) is 25.1 Å². The van der Waals surface area contributed by atoms with Crippen molar-refractivity contribution in [3.63, 3.8) is 0 Å². The van der Waals surface area contributed by atoms with Gasteiger partial charge in [-0.05, 0) is 17.7 Å². The smallest absolute Gasteiger partial charge is 0.258 e. The van der Waals surface area contributed by atoms with Crippen molar-refractivity contribution in [2.75, 3.05) is 5.32 Å². The molecule has 0 unspecified atom stereocenters. The zero-order valence-corrected chi connectivity index (χ0v) is 15.4. The van der Waals surface area contributed by atoms with Gasteiger partial charge in [0.25, 0.3) is 5.91 Å². The van der Waals surface area contributed by atoms with Crippen molar-refractivity contribution in [3.8, 4) is 0 Å². The number of rotatable bonds is 6. The third kappa shape index (κ3) is 5.50. The summed E-state index contributed by atoms with van der Waals surface area (Å²) in [7, 11) is 0. The molecule has 8 nitrogen and oxygen atoms in total. The Morgan fingerprint density at radius 3 is 2.48 bits per heavy atom. The Kier molecular flexibility index (Phi) is 6.00. The topological polar surface area (TPSA) is 102 Å². The minimum absolute atomic E-state index is 0.0252. The van der Waals surface area contributed by atoms with Crippen LogP contribution in [0.25, 0.3) is 0 Å². The van der Waals surface area contributed by atoms with Crippen LogP contribution in [0.2, 0.25) is 10.3 Å². The lowest BCUT2D eigenvalue weighted by Gasteiger charge is -2.05. The van der Waals surface area contributed by atoms with Crippen molar-refractivity contribution in [2.24, 2.45) is 0 Å². The monoisotopic (exact) mass is 404 g/mol. The third-order valence-corrected chi connectivity index (χ3v) is 3.81. The van der Waals surface area contributed by atoms with Gasteiger partial charge in [-0.3, -0.25) is 14.9 Å². The average Bonchev–Trinajstić information content (AvgIpc) is 3.07. The standard InChI is InChI=1S/C17H14Cl2N6O2/c18-13-6-12(7-14(19)22-13)16(27)23-17-21-10-25(24-17)9-15(26)20-8-11-4-2-1-3-5-11/h1-7,10H,8-9H2,(H,20,26)(H,23,24,27). The molecule has 0 radical (unpaired) electrons. The minimum Gasteiger partial charge on any atom is -0.350 e. The van der Waals surface area contributed by atoms with Crippen molar-refractivity contribution in [3.05, 3.63) is 70.2 Å². The van der Waals surface area contributed by atoms with Gasteiger partial charge in [-0.1, -0.05) is 53.5 Å². The molecule has 2 N–H and O–H groups in total. The van der Waals surface area contributed by atoms with Crippen LogP contribution in [-0.2, 0) is 17.9 Å². The van der Waals surface area contributed by atoms with Crippen LogP contribution < -0.4 is 10.6 Å². The predicted octanol–water partition coefficient (Wildman–Crippen LogP) is 2.55. The molecule has 2 aromatic heterocycles. The number of carbonyl (C=O) groups excluding carboxylic acids is 2. The van der Waals surface area contributed by atoms with Crippen molar-refractivity contribution < 1.29 is 9.59 Å². The van der Waals surface area contributed by atoms with E-state index in [1.807, 2.05) is 30.3 Å². The first-order valence-corrected chi connectivity index (χ1v) is 8.60. The number of pyridine rings is 1. The van der Waals surface area contributed by atoms with Gasteiger partial charge >= 0.3 is 0 Å². The first-order chi connectivity index (χ1) is 13.0. The Morgan fingerprint density at radius 2 is 1.78 bits per heavy atom. The Bertz CT molecular complexity index is 941. The molecule has 2 amide bonds. The lowest BCUT2D eigenvalue weighted by atomic mass is 10.2. The summed E-state index contributed by atoms with van der Waals surface area (Å²) in [6.45, 7) is 0.393. The molecule has 0 atom stereocenters. The zero-order chi connectivity index (χ0) is 19.2. The summed E-state index contributed by atoms with van der Waals surface area (Å²) in [6, 6.07) is 12.3. The summed E-state index contributed by atoms with van der Waals surface area (Å²) in [4.78, 5) is 31.9. The summed E-state index contributed by atoms with van der Waals surface area (Å²) in [6.07, 6.45) is 1.35. The molecule has 27 heavy (non-hydrogen) atoms. The summed E-state index contributed by atoms with van der Waals surface area (Å²) in [5.74, 6) is -0.665. The number of aromatic nitrogens is 4. The van der Waals surface area contributed by atoms with Crippen molar-refractivity contribution in [2.45, 2.75) is 13.1 Å². The number of carbonyl (C=O) groups is 2. The van der Waals surface area contributed by atoms with Crippen LogP contribution in [0.5, 0.6) is 0 Å². The molecule has 0 aliphatic heterocycles. The third-order valence-electron chi connectivity index (χ3n) is 3.42. The fourth-order valence-corrected chi connectivity index (χ4v) is 2.66. The molecule has 0 aliphatic rings. The second kappa shape index (κ2) is 8.61. The Balaban J connectivity index is 1.54. The molecule has 1 aromatic carbocycles. The number of nitrogens with one attached hydrogen (secondary N) is 2. The van der Waals surface area contributed by atoms with Crippen LogP contribution in [0.4, 0.5) is 5.95 Å². The molecule has 10 heteroatoms. The van der Waals surface area contributed by atoms with Gasteiger partial charge in [-0.15, -0.1) is 5.10 Å². The average molecular weight is 405 g/mol. The van der Waals surface area contributed by atoms with E-state index in [1.165, 1.54) is 23.1 Å². The molecule has 0 aliphatic carbocycles. The highest BCUT2D eigenvalue weighted by Crippen LogP contribution is 2.15. The first-order valence-electron chi connectivity index (χ1n) is 7.84. The maximum Gasteiger partial charge on any atom is 0.258 e. The second-order valence-electron chi connectivity index (χ2n) is 5.48. The van der Waals surface area contributed by atoms with Gasteiger partial charge in [0.1, 0.15) is 23.2 Å². The van der Waals surface area contributed by atoms with Gasteiger partial charge in [0.2, 0.25) is 11.9 Å². The van der Waals surface area contributed by atoms with E-state index in [1.54, 1.807) is 0 Å². The van der Waals surface area contributed by atoms with Crippen LogP contribution in [0.3, 0.4) is 0 Å². The first kappa shape index (κ1) is 18.8. The maximum atomic E-state index is 12.2. The molecule has 0 bridgehead atoms. The van der Waals surface area contributed by atoms with E-state index in [4.69, 9.17) is 23.2 Å². The van der Waals surface area contributed by atoms with E-state index in [0.29, 0.717) is 6.54 Å². The Labute approximate surface area is 164 Å². The molecule has 0 saturated carbocycles. The summed E-state index contributed by atoms with van der Waals surface area (Å²) < 4.78 is 1.32. The van der Waals surface area contributed by atoms with Crippen LogP contribution in [0.1, 0.15) is 15.9 Å². The van der Waals surface area contributed by atoms with Crippen LogP contribution >= 0.6 is 23.2 Å². The predicted molar refractivity (Wildman–Crippen MR) is 101 cm³/mol. The molecule has 2 heterocycles. The molecule has 0 spiro atoms. The quantitative estimate of drug-likeness (QED) is 0.614. The molecular formula is C17H14Cl2N6O2. The number of benzene rings is 1. The fourth-order valence-electron chi connectivity index (χ4n) is 2.20. The molecule has 138 valence electrons. The van der Waals surface area contributed by atoms with E-state index >= 15 is 0 Å². The fraction of sp³-hybridized carbons (Fsp3) is 0.118. The van der Waals surface area contributed by atoms with Gasteiger partial charge in [0.15, 0.2) is 0 Å². The molecule has 0 saturated heterocycles. The van der Waals surface area contributed by atoms with Gasteiger partial charge < -0.3 is 5.32 Å². The maximum absolute atomic E-state index is 12.2. The zero-order valence-electron chi connectivity index (χ0n) is 13.9. The minimum atomic E-state index is -0.493. The molecule has 0 fully saturated rings. The summed E-state index contributed by atoms with van der Waals surface area (Å²) >= 11 is 11.6. The SMILES string of the molecule is O=C(Cn1cnc(NC(=O)c2cc(Cl)nc(Cl)c2)n1)NCc1ccccc1. The van der Waals surface area contributed by atoms with E-state index in [0.717, 1.165) is 5.56 Å². The second-order valence-corrected chi connectivity index (χ2v) is 6.26. The van der Waals surface area contributed by atoms with Crippen LogP contribution in [-0.4, -0.2) is 31.6 Å². The Hall–Kier alpha value is -2.97. The van der Waals surface area contributed by atoms with E-state index < -0.39 is 5.91 Å². The highest BCUT2D eigenvalue weighted by molar-refractivity contribution is 6.33. The van der Waals surface area contributed by atoms with Crippen LogP contribution in [0, 0.1) is 0 Å². The number of amides is 2. The van der Waals surface area contributed by atoms with Crippen molar-refractivity contribution in [1.29, 1.82) is 0 Å². The van der Waals surface area contributed by atoms with E-state index in [-0.39, 0.29) is 34.3 Å². The number of halogens is 2. The molecule has 3 aromatic rings. The summed E-state index contributed by atoms with van der Waals surface area (Å²) in [5.41, 5.74) is 1.21. The van der Waals surface area contributed by atoms with Crippen LogP contribution in [0.15, 0.2) is 48.8 Å². The number of nitrogens with zero attached hydrogens (tertiary/aromatic N) is 4. The highest BCUT2D eigenvalue weighted by Gasteiger charge is 2.12. The molecule has 3 rings (SSSR count).